The van der Waals surface area contributed by atoms with Crippen LogP contribution in [0.5, 0.6) is 0 Å². The zero-order valence-corrected chi connectivity index (χ0v) is 10.9. The van der Waals surface area contributed by atoms with E-state index >= 15 is 0 Å². The van der Waals surface area contributed by atoms with Crippen molar-refractivity contribution >= 4 is 11.6 Å². The molecule has 1 aromatic rings. The Kier molecular flexibility index (Phi) is 4.24. The predicted octanol–water partition coefficient (Wildman–Crippen LogP) is 3.50. The van der Waals surface area contributed by atoms with Gasteiger partial charge in [-0.3, -0.25) is 0 Å². The van der Waals surface area contributed by atoms with Crippen LogP contribution in [0, 0.1) is 5.92 Å². The van der Waals surface area contributed by atoms with Crippen LogP contribution in [0.3, 0.4) is 0 Å². The lowest BCUT2D eigenvalue weighted by molar-refractivity contribution is 0.328. The van der Waals surface area contributed by atoms with E-state index in [1.165, 1.54) is 32.1 Å². The van der Waals surface area contributed by atoms with Gasteiger partial charge in [0.2, 0.25) is 0 Å². The Balaban J connectivity index is 1.94. The molecule has 2 N–H and O–H groups in total. The summed E-state index contributed by atoms with van der Waals surface area (Å²) in [6.07, 6.45) is 6.91. The second-order valence-corrected chi connectivity index (χ2v) is 4.99. The van der Waals surface area contributed by atoms with E-state index in [9.17, 15) is 0 Å². The van der Waals surface area contributed by atoms with E-state index in [0.29, 0.717) is 6.04 Å². The highest BCUT2D eigenvalue weighted by Crippen LogP contribution is 2.27. The topological polar surface area (TPSA) is 37.0 Å². The molecule has 94 valence electrons. The molecule has 1 unspecified atom stereocenters. The molecule has 0 saturated heterocycles. The summed E-state index contributed by atoms with van der Waals surface area (Å²) in [5, 5.41) is 6.60. The summed E-state index contributed by atoms with van der Waals surface area (Å²) in [7, 11) is 1.90. The molecular formula is C14H23N3. The molecule has 1 aliphatic carbocycles. The third-order valence-electron chi connectivity index (χ3n) is 3.74. The highest BCUT2D eigenvalue weighted by atomic mass is 15.1. The van der Waals surface area contributed by atoms with Crippen molar-refractivity contribution in [1.29, 1.82) is 0 Å². The average Bonchev–Trinajstić information content (AvgIpc) is 2.40. The zero-order valence-electron chi connectivity index (χ0n) is 10.9. The normalized spacial score (nSPS) is 18.7. The Morgan fingerprint density at radius 3 is 2.59 bits per heavy atom. The summed E-state index contributed by atoms with van der Waals surface area (Å²) in [6, 6.07) is 6.58. The number of hydrogen-bond donors (Lipinski definition) is 2. The maximum Gasteiger partial charge on any atom is 0.128 e. The third-order valence-corrected chi connectivity index (χ3v) is 3.74. The van der Waals surface area contributed by atoms with E-state index in [4.69, 9.17) is 0 Å². The average molecular weight is 233 g/mol. The maximum atomic E-state index is 4.50. The summed E-state index contributed by atoms with van der Waals surface area (Å²) >= 11 is 0. The molecule has 0 amide bonds. The van der Waals surface area contributed by atoms with Crippen LogP contribution in [0.1, 0.15) is 39.0 Å². The van der Waals surface area contributed by atoms with Gasteiger partial charge in [-0.1, -0.05) is 25.3 Å². The summed E-state index contributed by atoms with van der Waals surface area (Å²) in [4.78, 5) is 4.50. The van der Waals surface area contributed by atoms with E-state index in [-0.39, 0.29) is 0 Å². The first-order valence-electron chi connectivity index (χ1n) is 6.71. The fourth-order valence-corrected chi connectivity index (χ4v) is 2.64. The van der Waals surface area contributed by atoms with Gasteiger partial charge in [0.25, 0.3) is 0 Å². The lowest BCUT2D eigenvalue weighted by Gasteiger charge is -2.28. The second-order valence-electron chi connectivity index (χ2n) is 4.99. The number of rotatable bonds is 4. The molecule has 1 aliphatic rings. The molecule has 17 heavy (non-hydrogen) atoms. The Labute approximate surface area is 104 Å². The summed E-state index contributed by atoms with van der Waals surface area (Å²) in [6.45, 7) is 2.28. The highest BCUT2D eigenvalue weighted by molar-refractivity contribution is 5.45. The van der Waals surface area contributed by atoms with Crippen LogP contribution >= 0.6 is 0 Å². The van der Waals surface area contributed by atoms with Crippen molar-refractivity contribution in [3.63, 3.8) is 0 Å². The molecule has 1 heterocycles. The molecule has 0 spiro atoms. The van der Waals surface area contributed by atoms with Gasteiger partial charge in [0.15, 0.2) is 0 Å². The van der Waals surface area contributed by atoms with Gasteiger partial charge in [0.1, 0.15) is 11.6 Å². The summed E-state index contributed by atoms with van der Waals surface area (Å²) in [5.74, 6) is 2.71. The van der Waals surface area contributed by atoms with E-state index in [2.05, 4.69) is 22.5 Å². The van der Waals surface area contributed by atoms with Crippen molar-refractivity contribution in [3.8, 4) is 0 Å². The van der Waals surface area contributed by atoms with Crippen LogP contribution in [-0.4, -0.2) is 18.1 Å². The number of hydrogen-bond acceptors (Lipinski definition) is 3. The lowest BCUT2D eigenvalue weighted by Crippen LogP contribution is -2.28. The van der Waals surface area contributed by atoms with Gasteiger partial charge in [-0.25, -0.2) is 4.98 Å². The summed E-state index contributed by atoms with van der Waals surface area (Å²) in [5.41, 5.74) is 0. The maximum absolute atomic E-state index is 4.50. The lowest BCUT2D eigenvalue weighted by atomic mass is 9.84. The van der Waals surface area contributed by atoms with E-state index in [1.54, 1.807) is 0 Å². The molecule has 1 atom stereocenters. The van der Waals surface area contributed by atoms with Crippen LogP contribution in [0.25, 0.3) is 0 Å². The van der Waals surface area contributed by atoms with Gasteiger partial charge >= 0.3 is 0 Å². The second kappa shape index (κ2) is 5.89. The standard InChI is InChI=1S/C14H23N3/c1-11(12-7-4-3-5-8-12)16-14-10-6-9-13(15-2)17-14/h6,9-12H,3-5,7-8H2,1-2H3,(H2,15,16,17). The minimum atomic E-state index is 0.523. The zero-order chi connectivity index (χ0) is 12.1. The minimum absolute atomic E-state index is 0.523. The van der Waals surface area contributed by atoms with Crippen molar-refractivity contribution < 1.29 is 0 Å². The van der Waals surface area contributed by atoms with Crippen LogP contribution in [0.4, 0.5) is 11.6 Å². The number of anilines is 2. The van der Waals surface area contributed by atoms with Gasteiger partial charge in [-0.05, 0) is 37.8 Å². The van der Waals surface area contributed by atoms with Gasteiger partial charge < -0.3 is 10.6 Å². The van der Waals surface area contributed by atoms with E-state index in [1.807, 2.05) is 25.2 Å². The van der Waals surface area contributed by atoms with Crippen LogP contribution < -0.4 is 10.6 Å². The molecule has 0 radical (unpaired) electrons. The van der Waals surface area contributed by atoms with Gasteiger partial charge in [-0.2, -0.15) is 0 Å². The number of nitrogens with one attached hydrogen (secondary N) is 2. The monoisotopic (exact) mass is 233 g/mol. The molecule has 1 saturated carbocycles. The Hall–Kier alpha value is -1.25. The Bertz CT molecular complexity index is 345. The Morgan fingerprint density at radius 1 is 1.18 bits per heavy atom. The number of aromatic nitrogens is 1. The molecule has 3 nitrogen and oxygen atoms in total. The Morgan fingerprint density at radius 2 is 1.88 bits per heavy atom. The van der Waals surface area contributed by atoms with Crippen molar-refractivity contribution in [3.05, 3.63) is 18.2 Å². The van der Waals surface area contributed by atoms with E-state index < -0.39 is 0 Å². The van der Waals surface area contributed by atoms with Gasteiger partial charge in [-0.15, -0.1) is 0 Å². The fraction of sp³-hybridized carbons (Fsp3) is 0.643. The third kappa shape index (κ3) is 3.35. The minimum Gasteiger partial charge on any atom is -0.373 e. The first kappa shape index (κ1) is 12.2. The van der Waals surface area contributed by atoms with Crippen LogP contribution in [0.15, 0.2) is 18.2 Å². The van der Waals surface area contributed by atoms with Crippen LogP contribution in [0.2, 0.25) is 0 Å². The van der Waals surface area contributed by atoms with E-state index in [0.717, 1.165) is 17.6 Å². The number of nitrogens with zero attached hydrogens (tertiary/aromatic N) is 1. The van der Waals surface area contributed by atoms with Crippen molar-refractivity contribution in [2.75, 3.05) is 17.7 Å². The quantitative estimate of drug-likeness (QED) is 0.835. The molecule has 1 aromatic heterocycles. The highest BCUT2D eigenvalue weighted by Gasteiger charge is 2.19. The summed E-state index contributed by atoms with van der Waals surface area (Å²) < 4.78 is 0. The molecule has 3 heteroatoms. The smallest absolute Gasteiger partial charge is 0.128 e. The first-order valence-corrected chi connectivity index (χ1v) is 6.71. The van der Waals surface area contributed by atoms with Crippen molar-refractivity contribution in [2.45, 2.75) is 45.1 Å². The molecular weight excluding hydrogens is 210 g/mol. The first-order chi connectivity index (χ1) is 8.29. The van der Waals surface area contributed by atoms with Crippen molar-refractivity contribution in [2.24, 2.45) is 5.92 Å². The number of pyridine rings is 1. The molecule has 0 bridgehead atoms. The SMILES string of the molecule is CNc1cccc(NC(C)C2CCCCC2)n1. The fourth-order valence-electron chi connectivity index (χ4n) is 2.64. The largest absolute Gasteiger partial charge is 0.373 e. The molecule has 2 rings (SSSR count). The van der Waals surface area contributed by atoms with Crippen molar-refractivity contribution in [1.82, 2.24) is 4.98 Å². The van der Waals surface area contributed by atoms with Crippen LogP contribution in [-0.2, 0) is 0 Å². The molecule has 0 aromatic carbocycles. The van der Waals surface area contributed by atoms with Gasteiger partial charge in [0.05, 0.1) is 0 Å². The van der Waals surface area contributed by atoms with Gasteiger partial charge in [0, 0.05) is 13.1 Å². The molecule has 1 fully saturated rings. The molecule has 0 aliphatic heterocycles. The predicted molar refractivity (Wildman–Crippen MR) is 73.4 cm³/mol.